The van der Waals surface area contributed by atoms with Crippen molar-refractivity contribution in [1.82, 2.24) is 9.88 Å². The van der Waals surface area contributed by atoms with Gasteiger partial charge in [0, 0.05) is 17.5 Å². The van der Waals surface area contributed by atoms with Gasteiger partial charge in [-0.2, -0.15) is 4.72 Å². The van der Waals surface area contributed by atoms with Gasteiger partial charge in [-0.1, -0.05) is 65.8 Å². The molecule has 0 radical (unpaired) electrons. The Labute approximate surface area is 188 Å². The van der Waals surface area contributed by atoms with E-state index in [4.69, 9.17) is 4.52 Å². The molecule has 32 heavy (non-hydrogen) atoms. The van der Waals surface area contributed by atoms with Crippen LogP contribution in [0, 0.1) is 0 Å². The Balaban J connectivity index is 1.39. The fraction of sp³-hybridized carbons (Fsp3) is 0.130. The molecule has 1 saturated carbocycles. The zero-order valence-corrected chi connectivity index (χ0v) is 18.3. The summed E-state index contributed by atoms with van der Waals surface area (Å²) in [4.78, 5) is 12.6. The van der Waals surface area contributed by atoms with E-state index in [9.17, 15) is 18.3 Å². The average molecular weight is 467 g/mol. The van der Waals surface area contributed by atoms with E-state index in [-0.39, 0.29) is 10.6 Å². The van der Waals surface area contributed by atoms with Crippen molar-refractivity contribution >= 4 is 27.3 Å². The van der Waals surface area contributed by atoms with E-state index < -0.39 is 27.4 Å². The number of carbonyl (C=O) groups is 1. The maximum absolute atomic E-state index is 13.0. The zero-order valence-electron chi connectivity index (χ0n) is 16.6. The van der Waals surface area contributed by atoms with Crippen LogP contribution in [0.25, 0.3) is 21.9 Å². The highest BCUT2D eigenvalue weighted by atomic mass is 32.2. The predicted octanol–water partition coefficient (Wildman–Crippen LogP) is 4.36. The second kappa shape index (κ2) is 7.70. The van der Waals surface area contributed by atoms with Crippen molar-refractivity contribution in [1.29, 1.82) is 0 Å². The fourth-order valence-electron chi connectivity index (χ4n) is 3.77. The van der Waals surface area contributed by atoms with Crippen LogP contribution in [-0.2, 0) is 14.8 Å². The molecule has 1 aliphatic rings. The van der Waals surface area contributed by atoms with Gasteiger partial charge in [-0.05, 0) is 24.1 Å². The molecular formula is C23H18N2O5S2. The molecule has 2 atom stereocenters. The number of aliphatic carboxylic acids is 1. The van der Waals surface area contributed by atoms with Crippen molar-refractivity contribution in [2.45, 2.75) is 22.1 Å². The Morgan fingerprint density at radius 2 is 1.75 bits per heavy atom. The van der Waals surface area contributed by atoms with Gasteiger partial charge >= 0.3 is 5.97 Å². The number of thiophene rings is 1. The summed E-state index contributed by atoms with van der Waals surface area (Å²) in [7, 11) is -4.04. The number of carboxylic acid groups (broad SMARTS) is 1. The van der Waals surface area contributed by atoms with Gasteiger partial charge in [0.25, 0.3) is 10.0 Å². The Hall–Kier alpha value is -3.27. The molecule has 2 aromatic heterocycles. The molecule has 4 aromatic rings. The van der Waals surface area contributed by atoms with Gasteiger partial charge < -0.3 is 9.63 Å². The molecule has 0 amide bonds. The van der Waals surface area contributed by atoms with Gasteiger partial charge in [-0.3, -0.25) is 4.79 Å². The second-order valence-electron chi connectivity index (χ2n) is 7.61. The Kier molecular flexibility index (Phi) is 4.96. The summed E-state index contributed by atoms with van der Waals surface area (Å²) >= 11 is 1.01. The summed E-state index contributed by atoms with van der Waals surface area (Å²) < 4.78 is 33.9. The first kappa shape index (κ1) is 20.6. The third kappa shape index (κ3) is 3.64. The molecule has 9 heteroatoms. The van der Waals surface area contributed by atoms with Crippen LogP contribution >= 0.6 is 11.3 Å². The van der Waals surface area contributed by atoms with Crippen LogP contribution in [0.15, 0.2) is 87.6 Å². The monoisotopic (exact) mass is 466 g/mol. The minimum absolute atomic E-state index is 0.0242. The fourth-order valence-corrected chi connectivity index (χ4v) is 6.43. The first-order chi connectivity index (χ1) is 15.4. The van der Waals surface area contributed by atoms with Crippen LogP contribution in [0.3, 0.4) is 0 Å². The summed E-state index contributed by atoms with van der Waals surface area (Å²) in [5, 5.41) is 13.8. The molecule has 1 fully saturated rings. The Morgan fingerprint density at radius 3 is 2.44 bits per heavy atom. The molecule has 2 aromatic carbocycles. The third-order valence-corrected chi connectivity index (χ3v) is 8.64. The number of hydrogen-bond acceptors (Lipinski definition) is 6. The minimum Gasteiger partial charge on any atom is -0.480 e. The normalized spacial score (nSPS) is 20.2. The standard InChI is InChI=1S/C23H18N2O5S2/c26-22(27)23(14-17(23)15-7-3-1-4-8-15)25-32(28,29)21-12-11-20(31-21)18-13-19(30-24-18)16-9-5-2-6-10-16/h1-13,17,25H,14H2,(H,26,27)/t17-,23+/m1/s1. The molecule has 1 aliphatic carbocycles. The number of rotatable bonds is 7. The van der Waals surface area contributed by atoms with Crippen molar-refractivity contribution in [3.05, 3.63) is 84.4 Å². The molecule has 0 spiro atoms. The van der Waals surface area contributed by atoms with Crippen LogP contribution < -0.4 is 4.72 Å². The molecule has 0 aliphatic heterocycles. The van der Waals surface area contributed by atoms with Crippen molar-refractivity contribution in [3.8, 4) is 21.9 Å². The van der Waals surface area contributed by atoms with Gasteiger partial charge in [-0.15, -0.1) is 11.3 Å². The Bertz CT molecular complexity index is 1380. The van der Waals surface area contributed by atoms with Crippen LogP contribution in [0.4, 0.5) is 0 Å². The lowest BCUT2D eigenvalue weighted by molar-refractivity contribution is -0.140. The van der Waals surface area contributed by atoms with Crippen molar-refractivity contribution in [2.75, 3.05) is 0 Å². The van der Waals surface area contributed by atoms with Gasteiger partial charge in [0.15, 0.2) is 5.76 Å². The van der Waals surface area contributed by atoms with Gasteiger partial charge in [0.1, 0.15) is 15.4 Å². The summed E-state index contributed by atoms with van der Waals surface area (Å²) in [6, 6.07) is 23.4. The summed E-state index contributed by atoms with van der Waals surface area (Å²) in [5.41, 5.74) is 0.623. The van der Waals surface area contributed by atoms with E-state index in [1.165, 1.54) is 6.07 Å². The summed E-state index contributed by atoms with van der Waals surface area (Å²) in [5.74, 6) is -1.03. The topological polar surface area (TPSA) is 110 Å². The van der Waals surface area contributed by atoms with Crippen LogP contribution in [0.5, 0.6) is 0 Å². The lowest BCUT2D eigenvalue weighted by Crippen LogP contribution is -2.44. The molecule has 2 heterocycles. The molecule has 0 bridgehead atoms. The van der Waals surface area contributed by atoms with Crippen LogP contribution in [0.1, 0.15) is 17.9 Å². The molecule has 7 nitrogen and oxygen atoms in total. The largest absolute Gasteiger partial charge is 0.480 e. The second-order valence-corrected chi connectivity index (χ2v) is 10.6. The number of benzene rings is 2. The SMILES string of the molecule is O=C(O)[C@]1(NS(=O)(=O)c2ccc(-c3cc(-c4ccccc4)on3)s2)C[C@@H]1c1ccccc1. The molecule has 5 rings (SSSR count). The van der Waals surface area contributed by atoms with Crippen molar-refractivity contribution in [3.63, 3.8) is 0 Å². The average Bonchev–Trinajstić information content (AvgIpc) is 3.15. The summed E-state index contributed by atoms with van der Waals surface area (Å²) in [6.07, 6.45) is 0.202. The number of sulfonamides is 1. The number of hydrogen-bond donors (Lipinski definition) is 2. The van der Waals surface area contributed by atoms with Crippen LogP contribution in [0.2, 0.25) is 0 Å². The van der Waals surface area contributed by atoms with Gasteiger partial charge in [0.05, 0.1) is 4.88 Å². The molecular weight excluding hydrogens is 448 g/mol. The molecule has 162 valence electrons. The van der Waals surface area contributed by atoms with E-state index in [1.54, 1.807) is 12.1 Å². The summed E-state index contributed by atoms with van der Waals surface area (Å²) in [6.45, 7) is 0. The lowest BCUT2D eigenvalue weighted by atomic mass is 10.1. The number of carboxylic acids is 1. The highest BCUT2D eigenvalue weighted by Crippen LogP contribution is 2.52. The highest BCUT2D eigenvalue weighted by molar-refractivity contribution is 7.91. The van der Waals surface area contributed by atoms with E-state index in [1.807, 2.05) is 60.7 Å². The number of nitrogens with zero attached hydrogens (tertiary/aromatic N) is 1. The Morgan fingerprint density at radius 1 is 1.06 bits per heavy atom. The number of aromatic nitrogens is 1. The zero-order chi connectivity index (χ0) is 22.3. The lowest BCUT2D eigenvalue weighted by Gasteiger charge is -2.14. The third-order valence-electron chi connectivity index (χ3n) is 5.53. The van der Waals surface area contributed by atoms with Crippen molar-refractivity contribution < 1.29 is 22.8 Å². The smallest absolute Gasteiger partial charge is 0.325 e. The molecule has 0 saturated heterocycles. The molecule has 0 unspecified atom stereocenters. The van der Waals surface area contributed by atoms with Gasteiger partial charge in [0.2, 0.25) is 0 Å². The van der Waals surface area contributed by atoms with E-state index in [2.05, 4.69) is 9.88 Å². The highest BCUT2D eigenvalue weighted by Gasteiger charge is 2.63. The van der Waals surface area contributed by atoms with Gasteiger partial charge in [-0.25, -0.2) is 8.42 Å². The minimum atomic E-state index is -4.04. The van der Waals surface area contributed by atoms with E-state index in [0.29, 0.717) is 16.3 Å². The van der Waals surface area contributed by atoms with E-state index >= 15 is 0 Å². The first-order valence-corrected chi connectivity index (χ1v) is 12.1. The van der Waals surface area contributed by atoms with Crippen LogP contribution in [-0.4, -0.2) is 30.2 Å². The predicted molar refractivity (Wildman–Crippen MR) is 120 cm³/mol. The number of nitrogens with one attached hydrogen (secondary N) is 1. The van der Waals surface area contributed by atoms with E-state index in [0.717, 1.165) is 22.5 Å². The van der Waals surface area contributed by atoms with Crippen molar-refractivity contribution in [2.24, 2.45) is 0 Å². The maximum atomic E-state index is 13.0. The quantitative estimate of drug-likeness (QED) is 0.419. The first-order valence-electron chi connectivity index (χ1n) is 9.84. The maximum Gasteiger partial charge on any atom is 0.325 e. The molecule has 2 N–H and O–H groups in total.